The molecule has 0 saturated heterocycles. The van der Waals surface area contributed by atoms with E-state index in [4.69, 9.17) is 14.7 Å². The first-order valence-corrected chi connectivity index (χ1v) is 6.00. The number of ether oxygens (including phenoxy) is 2. The monoisotopic (exact) mass is 271 g/mol. The Morgan fingerprint density at radius 1 is 1.50 bits per heavy atom. The highest BCUT2D eigenvalue weighted by atomic mass is 16.5. The molecule has 0 spiro atoms. The van der Waals surface area contributed by atoms with E-state index in [9.17, 15) is 4.79 Å². The van der Waals surface area contributed by atoms with Crippen molar-refractivity contribution < 1.29 is 14.3 Å². The molecule has 0 amide bonds. The highest BCUT2D eigenvalue weighted by Crippen LogP contribution is 2.21. The van der Waals surface area contributed by atoms with Crippen molar-refractivity contribution in [3.05, 3.63) is 41.7 Å². The van der Waals surface area contributed by atoms with Crippen LogP contribution in [-0.4, -0.2) is 29.5 Å². The van der Waals surface area contributed by atoms with Gasteiger partial charge in [-0.15, -0.1) is 0 Å². The van der Waals surface area contributed by atoms with Crippen molar-refractivity contribution in [1.82, 2.24) is 9.78 Å². The molecule has 0 unspecified atom stereocenters. The molecule has 2 rings (SSSR count). The topological polar surface area (TPSA) is 77.1 Å². The standard InChI is InChI=1S/C14H13N3O3/c1-3-20-14(18)11-8-16-17(9-11)12-4-5-13(19-2)10(6-12)7-15/h4-6,8-9H,3H2,1-2H3. The number of hydrogen-bond donors (Lipinski definition) is 0. The van der Waals surface area contributed by atoms with Crippen molar-refractivity contribution in [3.8, 4) is 17.5 Å². The smallest absolute Gasteiger partial charge is 0.341 e. The van der Waals surface area contributed by atoms with Crippen molar-refractivity contribution in [3.63, 3.8) is 0 Å². The molecule has 0 N–H and O–H groups in total. The van der Waals surface area contributed by atoms with Crippen LogP contribution in [0, 0.1) is 11.3 Å². The lowest BCUT2D eigenvalue weighted by atomic mass is 10.2. The normalized spacial score (nSPS) is 9.85. The fourth-order valence-corrected chi connectivity index (χ4v) is 1.71. The average Bonchev–Trinajstić information content (AvgIpc) is 2.96. The Kier molecular flexibility index (Phi) is 4.01. The van der Waals surface area contributed by atoms with E-state index in [1.165, 1.54) is 18.0 Å². The lowest BCUT2D eigenvalue weighted by Gasteiger charge is -2.05. The van der Waals surface area contributed by atoms with Gasteiger partial charge in [0.15, 0.2) is 0 Å². The quantitative estimate of drug-likeness (QED) is 0.794. The van der Waals surface area contributed by atoms with Crippen molar-refractivity contribution in [2.75, 3.05) is 13.7 Å². The third-order valence-electron chi connectivity index (χ3n) is 2.66. The fourth-order valence-electron chi connectivity index (χ4n) is 1.71. The van der Waals surface area contributed by atoms with Gasteiger partial charge < -0.3 is 9.47 Å². The van der Waals surface area contributed by atoms with Crippen LogP contribution in [0.3, 0.4) is 0 Å². The summed E-state index contributed by atoms with van der Waals surface area (Å²) in [5, 5.41) is 13.1. The molecule has 1 aromatic carbocycles. The Bertz CT molecular complexity index is 671. The number of benzene rings is 1. The second kappa shape index (κ2) is 5.89. The predicted octanol–water partition coefficient (Wildman–Crippen LogP) is 1.93. The van der Waals surface area contributed by atoms with Crippen LogP contribution >= 0.6 is 0 Å². The van der Waals surface area contributed by atoms with E-state index in [0.717, 1.165) is 0 Å². The number of hydrogen-bond acceptors (Lipinski definition) is 5. The summed E-state index contributed by atoms with van der Waals surface area (Å²) in [7, 11) is 1.50. The predicted molar refractivity (Wildman–Crippen MR) is 70.8 cm³/mol. The third kappa shape index (κ3) is 2.62. The zero-order valence-electron chi connectivity index (χ0n) is 11.2. The first-order chi connectivity index (χ1) is 9.69. The molecule has 0 saturated carbocycles. The van der Waals surface area contributed by atoms with Crippen molar-refractivity contribution >= 4 is 5.97 Å². The maximum atomic E-state index is 11.6. The SMILES string of the molecule is CCOC(=O)c1cnn(-c2ccc(OC)c(C#N)c2)c1. The van der Waals surface area contributed by atoms with Crippen LogP contribution in [0.5, 0.6) is 5.75 Å². The number of aromatic nitrogens is 2. The molecule has 20 heavy (non-hydrogen) atoms. The number of carbonyl (C=O) groups is 1. The first kappa shape index (κ1) is 13.6. The summed E-state index contributed by atoms with van der Waals surface area (Å²) in [5.74, 6) is 0.0711. The van der Waals surface area contributed by atoms with E-state index >= 15 is 0 Å². The highest BCUT2D eigenvalue weighted by molar-refractivity contribution is 5.88. The molecule has 1 aromatic heterocycles. The van der Waals surface area contributed by atoms with Gasteiger partial charge in [-0.25, -0.2) is 9.48 Å². The third-order valence-corrected chi connectivity index (χ3v) is 2.66. The molecular weight excluding hydrogens is 258 g/mol. The van der Waals surface area contributed by atoms with Crippen LogP contribution in [0.2, 0.25) is 0 Å². The number of carbonyl (C=O) groups excluding carboxylic acids is 1. The molecule has 2 aromatic rings. The van der Waals surface area contributed by atoms with Crippen LogP contribution in [0.15, 0.2) is 30.6 Å². The van der Waals surface area contributed by atoms with E-state index < -0.39 is 5.97 Å². The maximum absolute atomic E-state index is 11.6. The molecule has 0 radical (unpaired) electrons. The van der Waals surface area contributed by atoms with Gasteiger partial charge in [0.1, 0.15) is 11.8 Å². The van der Waals surface area contributed by atoms with E-state index in [1.54, 1.807) is 31.3 Å². The van der Waals surface area contributed by atoms with Gasteiger partial charge in [0, 0.05) is 6.20 Å². The van der Waals surface area contributed by atoms with E-state index in [2.05, 4.69) is 5.10 Å². The molecule has 102 valence electrons. The summed E-state index contributed by atoms with van der Waals surface area (Å²) in [4.78, 5) is 11.6. The van der Waals surface area contributed by atoms with E-state index in [1.807, 2.05) is 6.07 Å². The largest absolute Gasteiger partial charge is 0.495 e. The van der Waals surface area contributed by atoms with Gasteiger partial charge in [-0.2, -0.15) is 10.4 Å². The van der Waals surface area contributed by atoms with Gasteiger partial charge in [0.2, 0.25) is 0 Å². The molecule has 0 aliphatic rings. The molecule has 6 nitrogen and oxygen atoms in total. The minimum absolute atomic E-state index is 0.311. The highest BCUT2D eigenvalue weighted by Gasteiger charge is 2.11. The zero-order valence-corrected chi connectivity index (χ0v) is 11.2. The minimum atomic E-state index is -0.423. The minimum Gasteiger partial charge on any atom is -0.495 e. The second-order valence-electron chi connectivity index (χ2n) is 3.89. The second-order valence-corrected chi connectivity index (χ2v) is 3.89. The number of nitriles is 1. The van der Waals surface area contributed by atoms with Crippen LogP contribution in [0.4, 0.5) is 0 Å². The van der Waals surface area contributed by atoms with Crippen molar-refractivity contribution in [2.24, 2.45) is 0 Å². The molecule has 6 heteroatoms. The average molecular weight is 271 g/mol. The molecular formula is C14H13N3O3. The van der Waals surface area contributed by atoms with Crippen LogP contribution in [0.25, 0.3) is 5.69 Å². The van der Waals surface area contributed by atoms with Crippen LogP contribution < -0.4 is 4.74 Å². The Morgan fingerprint density at radius 2 is 2.30 bits per heavy atom. The summed E-state index contributed by atoms with van der Waals surface area (Å²) in [5.41, 5.74) is 1.43. The number of esters is 1. The molecule has 1 heterocycles. The molecule has 0 bridgehead atoms. The summed E-state index contributed by atoms with van der Waals surface area (Å²) in [6.45, 7) is 2.05. The first-order valence-electron chi connectivity index (χ1n) is 6.00. The maximum Gasteiger partial charge on any atom is 0.341 e. The molecule has 0 atom stereocenters. The van der Waals surface area contributed by atoms with Gasteiger partial charge in [-0.1, -0.05) is 0 Å². The summed E-state index contributed by atoms with van der Waals surface area (Å²) < 4.78 is 11.5. The number of rotatable bonds is 4. The van der Waals surface area contributed by atoms with Crippen molar-refractivity contribution in [2.45, 2.75) is 6.92 Å². The Hall–Kier alpha value is -2.81. The zero-order chi connectivity index (χ0) is 14.5. The van der Waals surface area contributed by atoms with Gasteiger partial charge in [-0.05, 0) is 25.1 Å². The number of nitrogens with zero attached hydrogens (tertiary/aromatic N) is 3. The Balaban J connectivity index is 2.33. The molecule has 0 fully saturated rings. The van der Waals surface area contributed by atoms with E-state index in [0.29, 0.717) is 29.2 Å². The van der Waals surface area contributed by atoms with Gasteiger partial charge in [-0.3, -0.25) is 0 Å². The Morgan fingerprint density at radius 3 is 2.95 bits per heavy atom. The van der Waals surface area contributed by atoms with Crippen LogP contribution in [0.1, 0.15) is 22.8 Å². The van der Waals surface area contributed by atoms with Gasteiger partial charge >= 0.3 is 5.97 Å². The summed E-state index contributed by atoms with van der Waals surface area (Å²) >= 11 is 0. The lowest BCUT2D eigenvalue weighted by Crippen LogP contribution is -2.03. The molecule has 0 aliphatic heterocycles. The van der Waals surface area contributed by atoms with Gasteiger partial charge in [0.25, 0.3) is 0 Å². The molecule has 0 aliphatic carbocycles. The van der Waals surface area contributed by atoms with E-state index in [-0.39, 0.29) is 0 Å². The number of methoxy groups -OCH3 is 1. The van der Waals surface area contributed by atoms with Crippen LogP contribution in [-0.2, 0) is 4.74 Å². The van der Waals surface area contributed by atoms with Crippen molar-refractivity contribution in [1.29, 1.82) is 5.26 Å². The summed E-state index contributed by atoms with van der Waals surface area (Å²) in [6, 6.07) is 7.12. The lowest BCUT2D eigenvalue weighted by molar-refractivity contribution is 0.0526. The summed E-state index contributed by atoms with van der Waals surface area (Å²) in [6.07, 6.45) is 2.98. The van der Waals surface area contributed by atoms with Gasteiger partial charge in [0.05, 0.1) is 36.7 Å². The fraction of sp³-hybridized carbons (Fsp3) is 0.214. The Labute approximate surface area is 116 Å².